The van der Waals surface area contributed by atoms with Gasteiger partial charge in [-0.25, -0.2) is 0 Å². The lowest BCUT2D eigenvalue weighted by Gasteiger charge is -2.34. The van der Waals surface area contributed by atoms with Gasteiger partial charge < -0.3 is 14.7 Å². The molecule has 0 spiro atoms. The Hall–Kier alpha value is -1.65. The molecule has 1 aliphatic rings. The van der Waals surface area contributed by atoms with E-state index < -0.39 is 25.5 Å². The van der Waals surface area contributed by atoms with Crippen LogP contribution in [-0.4, -0.2) is 77.4 Å². The molecule has 1 atom stereocenters. The number of carbonyl (C=O) groups is 1. The summed E-state index contributed by atoms with van der Waals surface area (Å²) in [6.07, 6.45) is -2.17. The van der Waals surface area contributed by atoms with E-state index in [1.165, 1.54) is 0 Å². The molecule has 1 aromatic rings. The first kappa shape index (κ1) is 17.7. The second-order valence-electron chi connectivity index (χ2n) is 5.44. The molecule has 0 aromatic carbocycles. The number of aromatic nitrogens is 2. The second kappa shape index (κ2) is 7.28. The summed E-state index contributed by atoms with van der Waals surface area (Å²) in [5, 5.41) is 13.7. The van der Waals surface area contributed by atoms with Crippen molar-refractivity contribution < 1.29 is 27.8 Å². The molecule has 1 fully saturated rings. The van der Waals surface area contributed by atoms with E-state index in [0.29, 0.717) is 18.8 Å². The number of nitrogens with zero attached hydrogens (tertiary/aromatic N) is 4. The number of aryl methyl sites for hydroxylation is 1. The fraction of sp³-hybridized carbons (Fsp3) is 0.692. The van der Waals surface area contributed by atoms with Gasteiger partial charge in [-0.3, -0.25) is 14.4 Å². The molecule has 7 nitrogen and oxygen atoms in total. The van der Waals surface area contributed by atoms with Gasteiger partial charge in [0.15, 0.2) is 0 Å². The minimum atomic E-state index is -4.41. The van der Waals surface area contributed by atoms with E-state index in [9.17, 15) is 23.1 Å². The molecule has 1 saturated heterocycles. The molecule has 0 bridgehead atoms. The quantitative estimate of drug-likeness (QED) is 0.792. The van der Waals surface area contributed by atoms with Crippen LogP contribution >= 0.6 is 0 Å². The SMILES string of the molecule is Cn1cc(N2CCN(CC(O)COCC(F)(F)F)CC2=O)cn1. The zero-order chi connectivity index (χ0) is 17.0. The third kappa shape index (κ3) is 5.48. The lowest BCUT2D eigenvalue weighted by molar-refractivity contribution is -0.179. The Balaban J connectivity index is 1.76. The van der Waals surface area contributed by atoms with Crippen molar-refractivity contribution in [2.75, 3.05) is 44.3 Å². The Morgan fingerprint density at radius 3 is 2.74 bits per heavy atom. The topological polar surface area (TPSA) is 70.8 Å². The molecule has 1 amide bonds. The summed E-state index contributed by atoms with van der Waals surface area (Å²) in [6, 6.07) is 0. The number of hydrogen-bond donors (Lipinski definition) is 1. The average Bonchev–Trinajstić information content (AvgIpc) is 2.83. The number of β-amino-alcohol motifs (C(OH)–C–C–N with tert-alkyl or cyclic N) is 1. The summed E-state index contributed by atoms with van der Waals surface area (Å²) < 4.78 is 41.9. The highest BCUT2D eigenvalue weighted by Crippen LogP contribution is 2.17. The van der Waals surface area contributed by atoms with Crippen LogP contribution in [0.5, 0.6) is 0 Å². The number of rotatable bonds is 6. The predicted molar refractivity (Wildman–Crippen MR) is 74.9 cm³/mol. The van der Waals surface area contributed by atoms with Gasteiger partial charge in [0, 0.05) is 32.9 Å². The van der Waals surface area contributed by atoms with Crippen molar-refractivity contribution in [2.45, 2.75) is 12.3 Å². The Bertz CT molecular complexity index is 535. The molecule has 0 aliphatic carbocycles. The summed E-state index contributed by atoms with van der Waals surface area (Å²) >= 11 is 0. The number of anilines is 1. The van der Waals surface area contributed by atoms with E-state index >= 15 is 0 Å². The molecule has 0 saturated carbocycles. The van der Waals surface area contributed by atoms with Crippen molar-refractivity contribution in [1.29, 1.82) is 0 Å². The Kier molecular flexibility index (Phi) is 5.60. The van der Waals surface area contributed by atoms with E-state index in [4.69, 9.17) is 0 Å². The van der Waals surface area contributed by atoms with Gasteiger partial charge in [0.1, 0.15) is 6.61 Å². The molecule has 2 heterocycles. The number of halogens is 3. The number of hydrogen-bond acceptors (Lipinski definition) is 5. The van der Waals surface area contributed by atoms with Crippen LogP contribution in [0.25, 0.3) is 0 Å². The first-order chi connectivity index (χ1) is 10.7. The van der Waals surface area contributed by atoms with Crippen molar-refractivity contribution in [3.05, 3.63) is 12.4 Å². The minimum Gasteiger partial charge on any atom is -0.389 e. The molecule has 23 heavy (non-hydrogen) atoms. The average molecular weight is 336 g/mol. The van der Waals surface area contributed by atoms with Crippen LogP contribution in [0, 0.1) is 0 Å². The summed E-state index contributed by atoms with van der Waals surface area (Å²) in [4.78, 5) is 15.4. The fourth-order valence-electron chi connectivity index (χ4n) is 2.36. The monoisotopic (exact) mass is 336 g/mol. The van der Waals surface area contributed by atoms with Gasteiger partial charge in [0.2, 0.25) is 5.91 Å². The highest BCUT2D eigenvalue weighted by Gasteiger charge is 2.29. The van der Waals surface area contributed by atoms with Crippen LogP contribution in [0.1, 0.15) is 0 Å². The standard InChI is InChI=1S/C13H19F3N4O3/c1-18-5-10(4-17-18)20-3-2-19(7-12(20)22)6-11(21)8-23-9-13(14,15)16/h4-5,11,21H,2-3,6-9H2,1H3. The number of aliphatic hydroxyl groups is 1. The van der Waals surface area contributed by atoms with Gasteiger partial charge in [-0.1, -0.05) is 0 Å². The molecule has 1 unspecified atom stereocenters. The maximum Gasteiger partial charge on any atom is 0.411 e. The van der Waals surface area contributed by atoms with Crippen LogP contribution < -0.4 is 4.90 Å². The Labute approximate surface area is 131 Å². The lowest BCUT2D eigenvalue weighted by Crippen LogP contribution is -2.52. The number of ether oxygens (including phenoxy) is 1. The highest BCUT2D eigenvalue weighted by atomic mass is 19.4. The van der Waals surface area contributed by atoms with E-state index in [1.54, 1.807) is 33.9 Å². The van der Waals surface area contributed by atoms with Gasteiger partial charge in [0.25, 0.3) is 0 Å². The smallest absolute Gasteiger partial charge is 0.389 e. The summed E-state index contributed by atoms with van der Waals surface area (Å²) in [7, 11) is 1.75. The van der Waals surface area contributed by atoms with Crippen molar-refractivity contribution >= 4 is 11.6 Å². The molecule has 130 valence electrons. The fourth-order valence-corrected chi connectivity index (χ4v) is 2.36. The maximum atomic E-state index is 12.1. The van der Waals surface area contributed by atoms with Crippen molar-refractivity contribution in [3.63, 3.8) is 0 Å². The first-order valence-electron chi connectivity index (χ1n) is 7.08. The normalized spacial score (nSPS) is 18.5. The molecule has 1 N–H and O–H groups in total. The molecule has 10 heteroatoms. The van der Waals surface area contributed by atoms with E-state index in [0.717, 1.165) is 0 Å². The van der Waals surface area contributed by atoms with Crippen molar-refractivity contribution in [2.24, 2.45) is 7.05 Å². The van der Waals surface area contributed by atoms with E-state index in [-0.39, 0.29) is 19.0 Å². The van der Waals surface area contributed by atoms with Gasteiger partial charge in [0.05, 0.1) is 31.1 Å². The van der Waals surface area contributed by atoms with Crippen LogP contribution in [0.4, 0.5) is 18.9 Å². The summed E-state index contributed by atoms with van der Waals surface area (Å²) in [5.74, 6) is -0.146. The second-order valence-corrected chi connectivity index (χ2v) is 5.44. The number of aliphatic hydroxyl groups excluding tert-OH is 1. The number of piperazine rings is 1. The third-order valence-electron chi connectivity index (χ3n) is 3.35. The maximum absolute atomic E-state index is 12.1. The van der Waals surface area contributed by atoms with E-state index in [1.807, 2.05) is 0 Å². The predicted octanol–water partition coefficient (Wildman–Crippen LogP) is 0.00850. The van der Waals surface area contributed by atoms with Crippen molar-refractivity contribution in [1.82, 2.24) is 14.7 Å². The minimum absolute atomic E-state index is 0.0878. The highest BCUT2D eigenvalue weighted by molar-refractivity contribution is 5.95. The van der Waals surface area contributed by atoms with Gasteiger partial charge in [-0.2, -0.15) is 18.3 Å². The molecule has 1 aliphatic heterocycles. The van der Waals surface area contributed by atoms with E-state index in [2.05, 4.69) is 9.84 Å². The molecular formula is C13H19F3N4O3. The zero-order valence-corrected chi connectivity index (χ0v) is 12.7. The Morgan fingerprint density at radius 2 is 2.17 bits per heavy atom. The summed E-state index contributed by atoms with van der Waals surface area (Å²) in [5.41, 5.74) is 0.700. The molecular weight excluding hydrogens is 317 g/mol. The third-order valence-corrected chi connectivity index (χ3v) is 3.35. The Morgan fingerprint density at radius 1 is 1.43 bits per heavy atom. The molecule has 0 radical (unpaired) electrons. The zero-order valence-electron chi connectivity index (χ0n) is 12.7. The lowest BCUT2D eigenvalue weighted by atomic mass is 10.2. The first-order valence-corrected chi connectivity index (χ1v) is 7.08. The van der Waals surface area contributed by atoms with Gasteiger partial charge in [-0.05, 0) is 0 Å². The largest absolute Gasteiger partial charge is 0.411 e. The van der Waals surface area contributed by atoms with Crippen LogP contribution in [0.2, 0.25) is 0 Å². The molecule has 1 aromatic heterocycles. The van der Waals surface area contributed by atoms with Gasteiger partial charge >= 0.3 is 6.18 Å². The van der Waals surface area contributed by atoms with Crippen LogP contribution in [-0.2, 0) is 16.6 Å². The number of amides is 1. The molecule has 2 rings (SSSR count). The van der Waals surface area contributed by atoms with Crippen LogP contribution in [0.3, 0.4) is 0 Å². The van der Waals surface area contributed by atoms with Gasteiger partial charge in [-0.15, -0.1) is 0 Å². The van der Waals surface area contributed by atoms with Crippen LogP contribution in [0.15, 0.2) is 12.4 Å². The number of alkyl halides is 3. The number of carbonyl (C=O) groups excluding carboxylic acids is 1. The summed E-state index contributed by atoms with van der Waals surface area (Å²) in [6.45, 7) is -0.693. The van der Waals surface area contributed by atoms with Crippen molar-refractivity contribution in [3.8, 4) is 0 Å².